The molecule has 0 aliphatic carbocycles. The molecule has 0 amide bonds. The van der Waals surface area contributed by atoms with Gasteiger partial charge in [-0.05, 0) is 40.5 Å². The summed E-state index contributed by atoms with van der Waals surface area (Å²) >= 11 is 0. The molecular weight excluding hydrogens is 308 g/mol. The van der Waals surface area contributed by atoms with Gasteiger partial charge in [0.2, 0.25) is 0 Å². The van der Waals surface area contributed by atoms with Gasteiger partial charge in [0, 0.05) is 0 Å². The summed E-state index contributed by atoms with van der Waals surface area (Å²) in [6.45, 7) is 3.98. The van der Waals surface area contributed by atoms with Gasteiger partial charge in [0.1, 0.15) is 10.6 Å². The lowest BCUT2D eigenvalue weighted by Crippen LogP contribution is -2.13. The van der Waals surface area contributed by atoms with Crippen molar-refractivity contribution in [2.75, 3.05) is 0 Å². The van der Waals surface area contributed by atoms with E-state index in [0.29, 0.717) is 5.75 Å². The van der Waals surface area contributed by atoms with Crippen LogP contribution in [0, 0.1) is 0 Å². The Morgan fingerprint density at radius 1 is 0.826 bits per heavy atom. The summed E-state index contributed by atoms with van der Waals surface area (Å²) in [4.78, 5) is 0.232. The molecule has 3 aromatic rings. The molecule has 23 heavy (non-hydrogen) atoms. The average molecular weight is 326 g/mol. The molecule has 0 spiro atoms. The van der Waals surface area contributed by atoms with Crippen molar-refractivity contribution in [1.82, 2.24) is 0 Å². The summed E-state index contributed by atoms with van der Waals surface area (Å²) in [5.41, 5.74) is 0.791. The molecule has 0 aliphatic heterocycles. The maximum Gasteiger partial charge on any atom is 0.339 e. The highest BCUT2D eigenvalue weighted by molar-refractivity contribution is 7.87. The fraction of sp³-hybridized carbons (Fsp3) is 0.158. The quantitative estimate of drug-likeness (QED) is 0.651. The van der Waals surface area contributed by atoms with E-state index in [1.54, 1.807) is 30.3 Å². The number of rotatable bonds is 4. The van der Waals surface area contributed by atoms with Crippen molar-refractivity contribution in [2.45, 2.75) is 24.7 Å². The van der Waals surface area contributed by atoms with E-state index in [4.69, 9.17) is 4.18 Å². The van der Waals surface area contributed by atoms with Crippen LogP contribution in [-0.2, 0) is 10.1 Å². The van der Waals surface area contributed by atoms with Gasteiger partial charge >= 0.3 is 10.1 Å². The van der Waals surface area contributed by atoms with Crippen LogP contribution in [0.2, 0.25) is 0 Å². The number of fused-ring (bicyclic) bond motifs is 1. The molecule has 0 heterocycles. The third-order valence-corrected chi connectivity index (χ3v) is 5.03. The van der Waals surface area contributed by atoms with Crippen molar-refractivity contribution in [3.05, 3.63) is 72.3 Å². The van der Waals surface area contributed by atoms with Gasteiger partial charge in [0.25, 0.3) is 0 Å². The van der Waals surface area contributed by atoms with Gasteiger partial charge in [-0.1, -0.05) is 62.4 Å². The number of hydrogen-bond donors (Lipinski definition) is 0. The highest BCUT2D eigenvalue weighted by Gasteiger charge is 2.24. The van der Waals surface area contributed by atoms with Crippen LogP contribution >= 0.6 is 0 Å². The lowest BCUT2D eigenvalue weighted by molar-refractivity contribution is 0.484. The molecule has 4 heteroatoms. The summed E-state index contributed by atoms with van der Waals surface area (Å²) in [6.07, 6.45) is 0. The fourth-order valence-corrected chi connectivity index (χ4v) is 4.04. The monoisotopic (exact) mass is 326 g/mol. The largest absolute Gasteiger partial charge is 0.379 e. The van der Waals surface area contributed by atoms with Crippen molar-refractivity contribution in [3.8, 4) is 5.75 Å². The second-order valence-corrected chi connectivity index (χ2v) is 7.22. The minimum atomic E-state index is -3.88. The number of benzene rings is 3. The fourth-order valence-electron chi connectivity index (χ4n) is 2.74. The van der Waals surface area contributed by atoms with Crippen molar-refractivity contribution < 1.29 is 12.6 Å². The van der Waals surface area contributed by atoms with E-state index in [-0.39, 0.29) is 10.8 Å². The Kier molecular flexibility index (Phi) is 4.09. The van der Waals surface area contributed by atoms with E-state index in [1.807, 2.05) is 50.2 Å². The molecule has 0 saturated carbocycles. The molecular formula is C19H18O3S. The third kappa shape index (κ3) is 3.08. The zero-order chi connectivity index (χ0) is 16.4. The van der Waals surface area contributed by atoms with Crippen molar-refractivity contribution in [3.63, 3.8) is 0 Å². The first kappa shape index (κ1) is 15.6. The van der Waals surface area contributed by atoms with Gasteiger partial charge in [-0.2, -0.15) is 8.42 Å². The van der Waals surface area contributed by atoms with Crippen LogP contribution in [0.3, 0.4) is 0 Å². The molecule has 3 nitrogen and oxygen atoms in total. The molecule has 0 bridgehead atoms. The average Bonchev–Trinajstić information content (AvgIpc) is 2.54. The first-order valence-electron chi connectivity index (χ1n) is 7.50. The molecule has 0 atom stereocenters. The lowest BCUT2D eigenvalue weighted by atomic mass is 9.96. The van der Waals surface area contributed by atoms with E-state index < -0.39 is 10.1 Å². The molecule has 0 aliphatic rings. The molecule has 0 saturated heterocycles. The van der Waals surface area contributed by atoms with Crippen LogP contribution in [-0.4, -0.2) is 8.42 Å². The minimum Gasteiger partial charge on any atom is -0.379 e. The first-order valence-corrected chi connectivity index (χ1v) is 8.91. The summed E-state index contributed by atoms with van der Waals surface area (Å²) < 4.78 is 30.8. The van der Waals surface area contributed by atoms with Gasteiger partial charge in [0.15, 0.2) is 0 Å². The Morgan fingerprint density at radius 2 is 1.48 bits per heavy atom. The van der Waals surface area contributed by atoms with Crippen LogP contribution in [0.5, 0.6) is 5.75 Å². The lowest BCUT2D eigenvalue weighted by Gasteiger charge is -2.16. The summed E-state index contributed by atoms with van der Waals surface area (Å²) in [5.74, 6) is 0.376. The molecule has 0 aromatic heterocycles. The van der Waals surface area contributed by atoms with Crippen LogP contribution in [0.1, 0.15) is 25.3 Å². The first-order chi connectivity index (χ1) is 11.0. The Morgan fingerprint density at radius 3 is 2.17 bits per heavy atom. The topological polar surface area (TPSA) is 43.4 Å². The van der Waals surface area contributed by atoms with Gasteiger partial charge in [-0.15, -0.1) is 0 Å². The van der Waals surface area contributed by atoms with Crippen LogP contribution in [0.25, 0.3) is 10.8 Å². The standard InChI is InChI=1S/C19H18O3S/c1-14(2)19-17-11-7-6-8-15(17)12-13-18(19)23(20,21)22-16-9-4-3-5-10-16/h3-14H,1-2H3. The van der Waals surface area contributed by atoms with Crippen molar-refractivity contribution in [1.29, 1.82) is 0 Å². The Labute approximate surface area is 136 Å². The van der Waals surface area contributed by atoms with Crippen molar-refractivity contribution >= 4 is 20.9 Å². The SMILES string of the molecule is CC(C)c1c(S(=O)(=O)Oc2ccccc2)ccc2ccccc12. The summed E-state index contributed by atoms with van der Waals surface area (Å²) in [6, 6.07) is 19.8. The Balaban J connectivity index is 2.17. The Bertz CT molecular complexity index is 929. The smallest absolute Gasteiger partial charge is 0.339 e. The molecule has 0 radical (unpaired) electrons. The van der Waals surface area contributed by atoms with Crippen LogP contribution < -0.4 is 4.18 Å². The third-order valence-electron chi connectivity index (χ3n) is 3.73. The molecule has 118 valence electrons. The molecule has 3 aromatic carbocycles. The van der Waals surface area contributed by atoms with E-state index >= 15 is 0 Å². The zero-order valence-corrected chi connectivity index (χ0v) is 13.9. The molecule has 0 N–H and O–H groups in total. The summed E-state index contributed by atoms with van der Waals surface area (Å²) in [5, 5.41) is 1.97. The normalized spacial score (nSPS) is 11.8. The van der Waals surface area contributed by atoms with Gasteiger partial charge in [0.05, 0.1) is 0 Å². The second kappa shape index (κ2) is 6.05. The maximum absolute atomic E-state index is 12.7. The minimum absolute atomic E-state index is 0.0604. The number of hydrogen-bond acceptors (Lipinski definition) is 3. The predicted molar refractivity (Wildman–Crippen MR) is 92.3 cm³/mol. The van der Waals surface area contributed by atoms with E-state index in [2.05, 4.69) is 0 Å². The second-order valence-electron chi connectivity index (χ2n) is 5.70. The highest BCUT2D eigenvalue weighted by atomic mass is 32.2. The van der Waals surface area contributed by atoms with E-state index in [0.717, 1.165) is 16.3 Å². The van der Waals surface area contributed by atoms with Gasteiger partial charge in [-0.3, -0.25) is 0 Å². The Hall–Kier alpha value is -2.33. The van der Waals surface area contributed by atoms with Crippen LogP contribution in [0.4, 0.5) is 0 Å². The summed E-state index contributed by atoms with van der Waals surface area (Å²) in [7, 11) is -3.88. The molecule has 0 fully saturated rings. The predicted octanol–water partition coefficient (Wildman–Crippen LogP) is 4.73. The molecule has 0 unspecified atom stereocenters. The van der Waals surface area contributed by atoms with Gasteiger partial charge in [-0.25, -0.2) is 0 Å². The van der Waals surface area contributed by atoms with E-state index in [1.165, 1.54) is 0 Å². The molecule has 3 rings (SSSR count). The van der Waals surface area contributed by atoms with Crippen LogP contribution in [0.15, 0.2) is 71.6 Å². The van der Waals surface area contributed by atoms with E-state index in [9.17, 15) is 8.42 Å². The van der Waals surface area contributed by atoms with Gasteiger partial charge < -0.3 is 4.18 Å². The number of para-hydroxylation sites is 1. The zero-order valence-electron chi connectivity index (χ0n) is 13.1. The maximum atomic E-state index is 12.7. The highest BCUT2D eigenvalue weighted by Crippen LogP contribution is 2.33. The van der Waals surface area contributed by atoms with Crippen molar-refractivity contribution in [2.24, 2.45) is 0 Å².